The van der Waals surface area contributed by atoms with E-state index in [9.17, 15) is 19.2 Å². The van der Waals surface area contributed by atoms with Crippen LogP contribution in [0, 0.1) is 0 Å². The van der Waals surface area contributed by atoms with Crippen LogP contribution in [0.3, 0.4) is 0 Å². The minimum atomic E-state index is -0.871. The Bertz CT molecular complexity index is 1040. The quantitative estimate of drug-likeness (QED) is 0.262. The van der Waals surface area contributed by atoms with Crippen LogP contribution in [0.1, 0.15) is 39.2 Å². The third-order valence-corrected chi connectivity index (χ3v) is 4.85. The fraction of sp³-hybridized carbons (Fsp3) is 0.385. The molecule has 36 heavy (non-hydrogen) atoms. The fourth-order valence-electron chi connectivity index (χ4n) is 2.97. The number of ether oxygens (including phenoxy) is 5. The van der Waals surface area contributed by atoms with E-state index in [2.05, 4.69) is 5.32 Å². The van der Waals surface area contributed by atoms with Crippen LogP contribution in [-0.2, 0) is 30.3 Å². The average Bonchev–Trinajstić information content (AvgIpc) is 2.87. The smallest absolute Gasteiger partial charge is 0.468 e. The van der Waals surface area contributed by atoms with E-state index in [0.717, 1.165) is 0 Å². The number of rotatable bonds is 12. The first-order chi connectivity index (χ1) is 17.2. The second-order valence-corrected chi connectivity index (χ2v) is 7.72. The lowest BCUT2D eigenvalue weighted by atomic mass is 10.0. The number of hydrogen-bond donors (Lipinski definition) is 1. The van der Waals surface area contributed by atoms with Gasteiger partial charge in [-0.3, -0.25) is 14.4 Å². The molecule has 1 unspecified atom stereocenters. The molecule has 0 aliphatic carbocycles. The zero-order valence-electron chi connectivity index (χ0n) is 20.8. The highest BCUT2D eigenvalue weighted by Gasteiger charge is 2.23. The monoisotopic (exact) mass is 501 g/mol. The SMILES string of the molecule is CCC(=O)Oc1ccc(C[C@H](NCC(C)OC(=O)Oc2ccccc2)C(=O)OC)cc1OC(=O)CC. The maximum atomic E-state index is 12.4. The Morgan fingerprint density at radius 2 is 1.50 bits per heavy atom. The van der Waals surface area contributed by atoms with Gasteiger partial charge in [0.2, 0.25) is 0 Å². The van der Waals surface area contributed by atoms with E-state index < -0.39 is 36.2 Å². The van der Waals surface area contributed by atoms with Gasteiger partial charge in [0.1, 0.15) is 17.9 Å². The molecule has 0 fully saturated rings. The van der Waals surface area contributed by atoms with E-state index in [0.29, 0.717) is 11.3 Å². The Balaban J connectivity index is 2.06. The minimum Gasteiger partial charge on any atom is -0.468 e. The summed E-state index contributed by atoms with van der Waals surface area (Å²) in [6.07, 6.45) is -1.05. The molecule has 2 atom stereocenters. The van der Waals surface area contributed by atoms with Crippen molar-refractivity contribution in [2.24, 2.45) is 0 Å². The van der Waals surface area contributed by atoms with Crippen molar-refractivity contribution in [1.29, 1.82) is 0 Å². The lowest BCUT2D eigenvalue weighted by molar-refractivity contribution is -0.143. The topological polar surface area (TPSA) is 126 Å². The van der Waals surface area contributed by atoms with Crippen molar-refractivity contribution in [2.45, 2.75) is 52.2 Å². The lowest BCUT2D eigenvalue weighted by Gasteiger charge is -2.20. The van der Waals surface area contributed by atoms with Crippen LogP contribution < -0.4 is 19.5 Å². The second kappa shape index (κ2) is 14.5. The average molecular weight is 502 g/mol. The fourth-order valence-corrected chi connectivity index (χ4v) is 2.97. The largest absolute Gasteiger partial charge is 0.514 e. The molecular formula is C26H31NO9. The zero-order chi connectivity index (χ0) is 26.5. The van der Waals surface area contributed by atoms with Crippen molar-refractivity contribution in [3.63, 3.8) is 0 Å². The van der Waals surface area contributed by atoms with Gasteiger partial charge in [-0.1, -0.05) is 38.1 Å². The first-order valence-corrected chi connectivity index (χ1v) is 11.5. The van der Waals surface area contributed by atoms with E-state index in [1.54, 1.807) is 57.2 Å². The van der Waals surface area contributed by atoms with Gasteiger partial charge in [0.25, 0.3) is 0 Å². The predicted molar refractivity (Wildman–Crippen MR) is 129 cm³/mol. The Morgan fingerprint density at radius 1 is 0.861 bits per heavy atom. The molecule has 2 aromatic rings. The van der Waals surface area contributed by atoms with Gasteiger partial charge in [0.15, 0.2) is 11.5 Å². The summed E-state index contributed by atoms with van der Waals surface area (Å²) in [6.45, 7) is 5.06. The Kier molecular flexibility index (Phi) is 11.4. The third kappa shape index (κ3) is 9.38. The van der Waals surface area contributed by atoms with Crippen molar-refractivity contribution in [2.75, 3.05) is 13.7 Å². The van der Waals surface area contributed by atoms with Gasteiger partial charge < -0.3 is 29.0 Å². The van der Waals surface area contributed by atoms with Crippen LogP contribution >= 0.6 is 0 Å². The summed E-state index contributed by atoms with van der Waals surface area (Å²) >= 11 is 0. The molecule has 10 heteroatoms. The Labute approximate surface area is 209 Å². The molecule has 0 amide bonds. The maximum absolute atomic E-state index is 12.4. The summed E-state index contributed by atoms with van der Waals surface area (Å²) in [5.74, 6) is -0.994. The molecule has 0 saturated carbocycles. The standard InChI is InChI=1S/C26H31NO9/c1-5-23(28)35-21-13-12-18(15-22(21)36-24(29)6-2)14-20(25(30)32-4)27-16-17(3)33-26(31)34-19-10-8-7-9-11-19/h7-13,15,17,20,27H,5-6,14,16H2,1-4H3/t17?,20-/m0/s1. The number of para-hydroxylation sites is 1. The molecule has 1 N–H and O–H groups in total. The second-order valence-electron chi connectivity index (χ2n) is 7.72. The lowest BCUT2D eigenvalue weighted by Crippen LogP contribution is -2.43. The number of carbonyl (C=O) groups is 4. The van der Waals surface area contributed by atoms with Gasteiger partial charge >= 0.3 is 24.1 Å². The van der Waals surface area contributed by atoms with Crippen molar-refractivity contribution in [3.05, 3.63) is 54.1 Å². The first-order valence-electron chi connectivity index (χ1n) is 11.5. The number of benzene rings is 2. The number of methoxy groups -OCH3 is 1. The van der Waals surface area contributed by atoms with Crippen molar-refractivity contribution in [1.82, 2.24) is 5.32 Å². The maximum Gasteiger partial charge on any atom is 0.514 e. The minimum absolute atomic E-state index is 0.0742. The van der Waals surface area contributed by atoms with E-state index in [4.69, 9.17) is 23.7 Å². The van der Waals surface area contributed by atoms with Crippen molar-refractivity contribution in [3.8, 4) is 17.2 Å². The third-order valence-electron chi connectivity index (χ3n) is 4.85. The van der Waals surface area contributed by atoms with E-state index in [1.807, 2.05) is 0 Å². The van der Waals surface area contributed by atoms with Gasteiger partial charge in [-0.15, -0.1) is 0 Å². The van der Waals surface area contributed by atoms with Gasteiger partial charge in [0, 0.05) is 19.4 Å². The van der Waals surface area contributed by atoms with Crippen LogP contribution in [0.2, 0.25) is 0 Å². The van der Waals surface area contributed by atoms with Gasteiger partial charge in [-0.05, 0) is 43.2 Å². The Hall–Kier alpha value is -3.92. The molecule has 0 saturated heterocycles. The molecule has 0 heterocycles. The molecule has 0 radical (unpaired) electrons. The first kappa shape index (κ1) is 28.3. The molecule has 10 nitrogen and oxygen atoms in total. The van der Waals surface area contributed by atoms with Crippen molar-refractivity contribution < 1.29 is 42.9 Å². The van der Waals surface area contributed by atoms with E-state index in [1.165, 1.54) is 19.2 Å². The Morgan fingerprint density at radius 3 is 2.11 bits per heavy atom. The molecule has 2 rings (SSSR count). The summed E-state index contributed by atoms with van der Waals surface area (Å²) in [7, 11) is 1.26. The molecule has 0 aliphatic rings. The predicted octanol–water partition coefficient (Wildman–Crippen LogP) is 3.60. The van der Waals surface area contributed by atoms with Gasteiger partial charge in [0.05, 0.1) is 7.11 Å². The van der Waals surface area contributed by atoms with Crippen LogP contribution in [0.25, 0.3) is 0 Å². The van der Waals surface area contributed by atoms with Crippen LogP contribution in [0.5, 0.6) is 17.2 Å². The molecule has 0 bridgehead atoms. The summed E-state index contributed by atoms with van der Waals surface area (Å²) < 4.78 is 25.8. The highest BCUT2D eigenvalue weighted by atomic mass is 16.7. The van der Waals surface area contributed by atoms with E-state index in [-0.39, 0.29) is 37.3 Å². The summed E-state index contributed by atoms with van der Waals surface area (Å²) in [4.78, 5) is 48.0. The number of nitrogens with one attached hydrogen (secondary N) is 1. The van der Waals surface area contributed by atoms with Crippen LogP contribution in [0.15, 0.2) is 48.5 Å². The summed E-state index contributed by atoms with van der Waals surface area (Å²) in [5.41, 5.74) is 0.616. The van der Waals surface area contributed by atoms with Gasteiger partial charge in [-0.2, -0.15) is 0 Å². The zero-order valence-corrected chi connectivity index (χ0v) is 20.8. The molecular weight excluding hydrogens is 470 g/mol. The van der Waals surface area contributed by atoms with E-state index >= 15 is 0 Å². The van der Waals surface area contributed by atoms with Crippen molar-refractivity contribution >= 4 is 24.1 Å². The summed E-state index contributed by atoms with van der Waals surface area (Å²) in [5, 5.41) is 3.01. The molecule has 2 aromatic carbocycles. The normalized spacial score (nSPS) is 12.1. The molecule has 194 valence electrons. The molecule has 0 aromatic heterocycles. The number of esters is 3. The summed E-state index contributed by atoms with van der Waals surface area (Å²) in [6, 6.07) is 12.4. The molecule has 0 spiro atoms. The van der Waals surface area contributed by atoms with Crippen LogP contribution in [-0.4, -0.2) is 49.9 Å². The highest BCUT2D eigenvalue weighted by molar-refractivity contribution is 5.77. The number of hydrogen-bond acceptors (Lipinski definition) is 10. The highest BCUT2D eigenvalue weighted by Crippen LogP contribution is 2.30. The van der Waals surface area contributed by atoms with Crippen LogP contribution in [0.4, 0.5) is 4.79 Å². The molecule has 0 aliphatic heterocycles. The number of carbonyl (C=O) groups excluding carboxylic acids is 4. The van der Waals surface area contributed by atoms with Gasteiger partial charge in [-0.25, -0.2) is 4.79 Å².